The van der Waals surface area contributed by atoms with Crippen molar-refractivity contribution in [1.29, 1.82) is 0 Å². The molecule has 0 aliphatic heterocycles. The average Bonchev–Trinajstić information content (AvgIpc) is 2.65. The molecule has 78 valence electrons. The molecule has 0 radical (unpaired) electrons. The molecule has 2 aromatic heterocycles. The van der Waals surface area contributed by atoms with Crippen LogP contribution >= 0.6 is 0 Å². The van der Waals surface area contributed by atoms with Gasteiger partial charge < -0.3 is 4.74 Å². The maximum absolute atomic E-state index is 5.09. The average molecular weight is 203 g/mol. The maximum Gasteiger partial charge on any atom is 0.213 e. The molecule has 0 aliphatic carbocycles. The van der Waals surface area contributed by atoms with Crippen molar-refractivity contribution in [2.75, 3.05) is 7.11 Å². The van der Waals surface area contributed by atoms with Crippen LogP contribution in [0.4, 0.5) is 0 Å². The van der Waals surface area contributed by atoms with Crippen molar-refractivity contribution in [2.45, 2.75) is 6.92 Å². The zero-order chi connectivity index (χ0) is 10.8. The molecule has 2 rings (SSSR count). The lowest BCUT2D eigenvalue weighted by atomic mass is 10.2. The van der Waals surface area contributed by atoms with E-state index < -0.39 is 0 Å². The summed E-state index contributed by atoms with van der Waals surface area (Å²) in [5.74, 6) is 0.612. The molecule has 15 heavy (non-hydrogen) atoms. The van der Waals surface area contributed by atoms with E-state index >= 15 is 0 Å². The van der Waals surface area contributed by atoms with E-state index in [1.54, 1.807) is 11.8 Å². The molecule has 0 amide bonds. The lowest BCUT2D eigenvalue weighted by Gasteiger charge is -2.04. The van der Waals surface area contributed by atoms with Gasteiger partial charge in [-0.2, -0.15) is 5.10 Å². The largest absolute Gasteiger partial charge is 0.481 e. The third-order valence-corrected chi connectivity index (χ3v) is 2.24. The van der Waals surface area contributed by atoms with Crippen molar-refractivity contribution in [3.05, 3.63) is 30.0 Å². The van der Waals surface area contributed by atoms with Gasteiger partial charge in [-0.1, -0.05) is 6.07 Å². The Kier molecular flexibility index (Phi) is 2.41. The van der Waals surface area contributed by atoms with Crippen LogP contribution in [0, 0.1) is 6.92 Å². The lowest BCUT2D eigenvalue weighted by molar-refractivity contribution is 0.398. The number of pyridine rings is 1. The molecule has 0 aromatic carbocycles. The molecule has 0 saturated heterocycles. The second kappa shape index (κ2) is 3.73. The maximum atomic E-state index is 5.09. The summed E-state index contributed by atoms with van der Waals surface area (Å²) in [6.07, 6.45) is 1.90. The normalized spacial score (nSPS) is 10.3. The van der Waals surface area contributed by atoms with E-state index in [0.29, 0.717) is 5.88 Å². The molecule has 0 atom stereocenters. The van der Waals surface area contributed by atoms with Crippen LogP contribution in [-0.2, 0) is 7.05 Å². The number of aryl methyl sites for hydroxylation is 2. The smallest absolute Gasteiger partial charge is 0.213 e. The summed E-state index contributed by atoms with van der Waals surface area (Å²) < 4.78 is 6.85. The van der Waals surface area contributed by atoms with Crippen molar-refractivity contribution in [3.8, 4) is 17.3 Å². The summed E-state index contributed by atoms with van der Waals surface area (Å²) in [6.45, 7) is 2.01. The molecule has 0 bridgehead atoms. The second-order valence-corrected chi connectivity index (χ2v) is 3.39. The highest BCUT2D eigenvalue weighted by Crippen LogP contribution is 2.21. The zero-order valence-electron chi connectivity index (χ0n) is 9.06. The van der Waals surface area contributed by atoms with Gasteiger partial charge in [-0.15, -0.1) is 0 Å². The van der Waals surface area contributed by atoms with Crippen molar-refractivity contribution >= 4 is 0 Å². The Labute approximate surface area is 88.5 Å². The van der Waals surface area contributed by atoms with Crippen LogP contribution in [0.3, 0.4) is 0 Å². The first-order chi connectivity index (χ1) is 7.20. The van der Waals surface area contributed by atoms with Crippen LogP contribution < -0.4 is 4.74 Å². The number of methoxy groups -OCH3 is 1. The van der Waals surface area contributed by atoms with Gasteiger partial charge >= 0.3 is 0 Å². The molecule has 0 fully saturated rings. The van der Waals surface area contributed by atoms with Gasteiger partial charge in [-0.3, -0.25) is 4.68 Å². The first-order valence-electron chi connectivity index (χ1n) is 4.72. The number of hydrogen-bond donors (Lipinski definition) is 0. The van der Waals surface area contributed by atoms with Gasteiger partial charge in [-0.25, -0.2) is 4.98 Å². The fourth-order valence-electron chi connectivity index (χ4n) is 1.43. The van der Waals surface area contributed by atoms with Crippen molar-refractivity contribution in [2.24, 2.45) is 7.05 Å². The Bertz CT molecular complexity index is 476. The number of hydrogen-bond acceptors (Lipinski definition) is 3. The van der Waals surface area contributed by atoms with E-state index in [4.69, 9.17) is 4.74 Å². The highest BCUT2D eigenvalue weighted by Gasteiger charge is 2.07. The molecule has 4 heteroatoms. The summed E-state index contributed by atoms with van der Waals surface area (Å²) in [5, 5.41) is 4.32. The van der Waals surface area contributed by atoms with Crippen LogP contribution in [0.2, 0.25) is 0 Å². The van der Waals surface area contributed by atoms with E-state index in [1.165, 1.54) is 0 Å². The standard InChI is InChI=1S/C11H13N3O/c1-8-4-5-10(15-3)12-11(8)9-6-7-14(2)13-9/h4-7H,1-3H3. The fraction of sp³-hybridized carbons (Fsp3) is 0.273. The molecule has 0 saturated carbocycles. The van der Waals surface area contributed by atoms with Gasteiger partial charge in [0.2, 0.25) is 5.88 Å². The molecule has 0 N–H and O–H groups in total. The van der Waals surface area contributed by atoms with E-state index in [9.17, 15) is 0 Å². The van der Waals surface area contributed by atoms with E-state index in [2.05, 4.69) is 10.1 Å². The van der Waals surface area contributed by atoms with Crippen molar-refractivity contribution in [1.82, 2.24) is 14.8 Å². The van der Waals surface area contributed by atoms with Gasteiger partial charge in [-0.05, 0) is 18.6 Å². The van der Waals surface area contributed by atoms with Crippen LogP contribution in [-0.4, -0.2) is 21.9 Å². The van der Waals surface area contributed by atoms with Crippen molar-refractivity contribution < 1.29 is 4.74 Å². The van der Waals surface area contributed by atoms with Gasteiger partial charge in [0.15, 0.2) is 0 Å². The Morgan fingerprint density at radius 1 is 1.27 bits per heavy atom. The predicted molar refractivity (Wildman–Crippen MR) is 57.7 cm³/mol. The van der Waals surface area contributed by atoms with Gasteiger partial charge in [0, 0.05) is 19.3 Å². The number of rotatable bonds is 2. The van der Waals surface area contributed by atoms with Crippen LogP contribution in [0.5, 0.6) is 5.88 Å². The Morgan fingerprint density at radius 2 is 2.07 bits per heavy atom. The minimum absolute atomic E-state index is 0.612. The van der Waals surface area contributed by atoms with Gasteiger partial charge in [0.1, 0.15) is 5.69 Å². The highest BCUT2D eigenvalue weighted by molar-refractivity contribution is 5.58. The summed E-state index contributed by atoms with van der Waals surface area (Å²) >= 11 is 0. The minimum Gasteiger partial charge on any atom is -0.481 e. The monoisotopic (exact) mass is 203 g/mol. The molecule has 4 nitrogen and oxygen atoms in total. The molecule has 2 heterocycles. The quantitative estimate of drug-likeness (QED) is 0.747. The molecular formula is C11H13N3O. The summed E-state index contributed by atoms with van der Waals surface area (Å²) in [7, 11) is 3.50. The molecule has 0 unspecified atom stereocenters. The minimum atomic E-state index is 0.612. The zero-order valence-corrected chi connectivity index (χ0v) is 9.06. The molecule has 0 aliphatic rings. The Balaban J connectivity index is 2.51. The first kappa shape index (κ1) is 9.71. The summed E-state index contributed by atoms with van der Waals surface area (Å²) in [4.78, 5) is 4.38. The number of aromatic nitrogens is 3. The van der Waals surface area contributed by atoms with E-state index in [1.807, 2.05) is 38.4 Å². The summed E-state index contributed by atoms with van der Waals surface area (Å²) in [6, 6.07) is 5.77. The lowest BCUT2D eigenvalue weighted by Crippen LogP contribution is -1.94. The highest BCUT2D eigenvalue weighted by atomic mass is 16.5. The topological polar surface area (TPSA) is 39.9 Å². The van der Waals surface area contributed by atoms with E-state index in [-0.39, 0.29) is 0 Å². The molecular weight excluding hydrogens is 190 g/mol. The first-order valence-corrected chi connectivity index (χ1v) is 4.72. The molecule has 2 aromatic rings. The van der Waals surface area contributed by atoms with Crippen LogP contribution in [0.15, 0.2) is 24.4 Å². The van der Waals surface area contributed by atoms with Gasteiger partial charge in [0.25, 0.3) is 0 Å². The SMILES string of the molecule is COc1ccc(C)c(-c2ccn(C)n2)n1. The second-order valence-electron chi connectivity index (χ2n) is 3.39. The number of ether oxygens (including phenoxy) is 1. The third-order valence-electron chi connectivity index (χ3n) is 2.24. The van der Waals surface area contributed by atoms with Gasteiger partial charge in [0.05, 0.1) is 12.8 Å². The third kappa shape index (κ3) is 1.83. The number of nitrogens with zero attached hydrogens (tertiary/aromatic N) is 3. The van der Waals surface area contributed by atoms with Crippen LogP contribution in [0.1, 0.15) is 5.56 Å². The molecule has 0 spiro atoms. The van der Waals surface area contributed by atoms with E-state index in [0.717, 1.165) is 17.0 Å². The predicted octanol–water partition coefficient (Wildman–Crippen LogP) is 1.80. The Hall–Kier alpha value is -1.84. The van der Waals surface area contributed by atoms with Crippen molar-refractivity contribution in [3.63, 3.8) is 0 Å². The summed E-state index contributed by atoms with van der Waals surface area (Å²) in [5.41, 5.74) is 2.83. The Morgan fingerprint density at radius 3 is 2.67 bits per heavy atom. The van der Waals surface area contributed by atoms with Crippen LogP contribution in [0.25, 0.3) is 11.4 Å². The fourth-order valence-corrected chi connectivity index (χ4v) is 1.43.